The van der Waals surface area contributed by atoms with Gasteiger partial charge in [0.1, 0.15) is 0 Å². The minimum Gasteiger partial charge on any atom is -0.300 e. The first-order valence-corrected chi connectivity index (χ1v) is 6.95. The number of Topliss-reactive ketones (excluding diaryl/α,β-unsaturated/α-hetero) is 1. The summed E-state index contributed by atoms with van der Waals surface area (Å²) < 4.78 is 0. The third kappa shape index (κ3) is 3.49. The second-order valence-electron chi connectivity index (χ2n) is 5.35. The van der Waals surface area contributed by atoms with Gasteiger partial charge in [-0.25, -0.2) is 0 Å². The van der Waals surface area contributed by atoms with E-state index < -0.39 is 0 Å². The van der Waals surface area contributed by atoms with E-state index in [0.29, 0.717) is 12.2 Å². The lowest BCUT2D eigenvalue weighted by Gasteiger charge is -2.41. The summed E-state index contributed by atoms with van der Waals surface area (Å²) in [6.07, 6.45) is 2.62. The lowest BCUT2D eigenvalue weighted by atomic mass is 9.83. The number of hydrogen-bond acceptors (Lipinski definition) is 3. The molecule has 1 heterocycles. The topological polar surface area (TPSA) is 29.1 Å². The van der Waals surface area contributed by atoms with E-state index in [2.05, 4.69) is 26.1 Å². The van der Waals surface area contributed by atoms with E-state index >= 15 is 0 Å². The monoisotopic (exact) mass is 229 g/mol. The van der Waals surface area contributed by atoms with Gasteiger partial charge in [-0.3, -0.25) is 4.79 Å². The Morgan fingerprint density at radius 1 is 1.33 bits per heavy atom. The maximum absolute atomic E-state index is 12.1. The summed E-state index contributed by atoms with van der Waals surface area (Å²) in [6.45, 7) is 8.38. The van der Waals surface area contributed by atoms with Gasteiger partial charge in [0.2, 0.25) is 0 Å². The Labute approximate surface area is 97.6 Å². The minimum absolute atomic E-state index is 0.0207. The largest absolute Gasteiger partial charge is 0.300 e. The number of hydrogen-bond donors (Lipinski definition) is 1. The van der Waals surface area contributed by atoms with E-state index in [-0.39, 0.29) is 11.1 Å². The van der Waals surface area contributed by atoms with Crippen molar-refractivity contribution in [2.45, 2.75) is 58.0 Å². The first-order chi connectivity index (χ1) is 6.90. The van der Waals surface area contributed by atoms with Gasteiger partial charge in [0, 0.05) is 12.0 Å². The zero-order chi connectivity index (χ0) is 11.5. The normalized spacial score (nSPS) is 21.3. The van der Waals surface area contributed by atoms with Crippen molar-refractivity contribution in [2.24, 2.45) is 0 Å². The number of ketones is 1. The molecule has 0 spiro atoms. The van der Waals surface area contributed by atoms with Gasteiger partial charge < -0.3 is 5.32 Å². The lowest BCUT2D eigenvalue weighted by molar-refractivity contribution is -0.126. The maximum Gasteiger partial charge on any atom is 0.152 e. The molecule has 1 aliphatic rings. The van der Waals surface area contributed by atoms with E-state index in [1.807, 2.05) is 18.7 Å². The van der Waals surface area contributed by atoms with Crippen LogP contribution in [0, 0.1) is 0 Å². The van der Waals surface area contributed by atoms with Crippen molar-refractivity contribution < 1.29 is 4.79 Å². The van der Waals surface area contributed by atoms with Crippen LogP contribution in [-0.4, -0.2) is 28.4 Å². The molecule has 2 nitrogen and oxygen atoms in total. The quantitative estimate of drug-likeness (QED) is 0.806. The van der Waals surface area contributed by atoms with Crippen LogP contribution < -0.4 is 5.32 Å². The molecule has 1 saturated heterocycles. The Bertz CT molecular complexity index is 226. The summed E-state index contributed by atoms with van der Waals surface area (Å²) in [5.74, 6) is 2.60. The predicted molar refractivity (Wildman–Crippen MR) is 67.5 cm³/mol. The SMILES string of the molecule is CCC(=O)C1(NC(C)(C)C)CCSCC1. The van der Waals surface area contributed by atoms with Crippen molar-refractivity contribution in [3.8, 4) is 0 Å². The number of nitrogens with one attached hydrogen (secondary N) is 1. The smallest absolute Gasteiger partial charge is 0.152 e. The van der Waals surface area contributed by atoms with E-state index in [4.69, 9.17) is 0 Å². The zero-order valence-corrected chi connectivity index (χ0v) is 11.2. The van der Waals surface area contributed by atoms with E-state index in [9.17, 15) is 4.79 Å². The Morgan fingerprint density at radius 3 is 2.27 bits per heavy atom. The van der Waals surface area contributed by atoms with Crippen LogP contribution in [0.5, 0.6) is 0 Å². The highest BCUT2D eigenvalue weighted by molar-refractivity contribution is 7.99. The fourth-order valence-corrected chi connectivity index (χ4v) is 3.44. The molecular formula is C12H23NOS. The molecule has 0 bridgehead atoms. The summed E-state index contributed by atoms with van der Waals surface area (Å²) in [6, 6.07) is 0. The van der Waals surface area contributed by atoms with Crippen molar-refractivity contribution in [3.05, 3.63) is 0 Å². The summed E-state index contributed by atoms with van der Waals surface area (Å²) in [4.78, 5) is 12.1. The molecule has 0 aliphatic carbocycles. The van der Waals surface area contributed by atoms with Crippen molar-refractivity contribution in [1.29, 1.82) is 0 Å². The molecular weight excluding hydrogens is 206 g/mol. The molecule has 0 saturated carbocycles. The predicted octanol–water partition coefficient (Wildman–Crippen LogP) is 2.62. The Kier molecular flexibility index (Phi) is 4.24. The van der Waals surface area contributed by atoms with Gasteiger partial charge in [-0.05, 0) is 45.1 Å². The van der Waals surface area contributed by atoms with Gasteiger partial charge in [0.15, 0.2) is 5.78 Å². The standard InChI is InChI=1S/C12H23NOS/c1-5-10(14)12(13-11(2,3)4)6-8-15-9-7-12/h13H,5-9H2,1-4H3. The molecule has 88 valence electrons. The van der Waals surface area contributed by atoms with Crippen LogP contribution in [0.4, 0.5) is 0 Å². The van der Waals surface area contributed by atoms with Crippen molar-refractivity contribution in [2.75, 3.05) is 11.5 Å². The van der Waals surface area contributed by atoms with Crippen molar-refractivity contribution >= 4 is 17.5 Å². The second-order valence-corrected chi connectivity index (χ2v) is 6.57. The van der Waals surface area contributed by atoms with Crippen LogP contribution >= 0.6 is 11.8 Å². The number of carbonyl (C=O) groups excluding carboxylic acids is 1. The van der Waals surface area contributed by atoms with Crippen LogP contribution in [0.3, 0.4) is 0 Å². The van der Waals surface area contributed by atoms with Gasteiger partial charge >= 0.3 is 0 Å². The average molecular weight is 229 g/mol. The molecule has 1 fully saturated rings. The van der Waals surface area contributed by atoms with Crippen LogP contribution in [0.25, 0.3) is 0 Å². The van der Waals surface area contributed by atoms with Gasteiger partial charge in [-0.2, -0.15) is 11.8 Å². The molecule has 3 heteroatoms. The molecule has 0 radical (unpaired) electrons. The summed E-state index contributed by atoms with van der Waals surface area (Å²) in [7, 11) is 0. The Balaban J connectivity index is 2.80. The zero-order valence-electron chi connectivity index (χ0n) is 10.4. The second kappa shape index (κ2) is 4.88. The van der Waals surface area contributed by atoms with Gasteiger partial charge in [-0.15, -0.1) is 0 Å². The summed E-state index contributed by atoms with van der Waals surface area (Å²) in [5, 5.41) is 3.56. The highest BCUT2D eigenvalue weighted by atomic mass is 32.2. The first kappa shape index (κ1) is 13.0. The highest BCUT2D eigenvalue weighted by Gasteiger charge is 2.40. The maximum atomic E-state index is 12.1. The van der Waals surface area contributed by atoms with E-state index in [0.717, 1.165) is 24.3 Å². The highest BCUT2D eigenvalue weighted by Crippen LogP contribution is 2.30. The summed E-state index contributed by atoms with van der Waals surface area (Å²) >= 11 is 1.96. The molecule has 1 rings (SSSR count). The van der Waals surface area contributed by atoms with Gasteiger partial charge in [0.25, 0.3) is 0 Å². The van der Waals surface area contributed by atoms with Crippen molar-refractivity contribution in [3.63, 3.8) is 0 Å². The van der Waals surface area contributed by atoms with Crippen LogP contribution in [0.2, 0.25) is 0 Å². The molecule has 0 unspecified atom stereocenters. The number of rotatable bonds is 3. The third-order valence-electron chi connectivity index (χ3n) is 2.82. The fraction of sp³-hybridized carbons (Fsp3) is 0.917. The molecule has 1 N–H and O–H groups in total. The molecule has 0 aromatic carbocycles. The van der Waals surface area contributed by atoms with E-state index in [1.54, 1.807) is 0 Å². The molecule has 15 heavy (non-hydrogen) atoms. The third-order valence-corrected chi connectivity index (χ3v) is 3.80. The first-order valence-electron chi connectivity index (χ1n) is 5.80. The molecule has 0 atom stereocenters. The van der Waals surface area contributed by atoms with Gasteiger partial charge in [0.05, 0.1) is 5.54 Å². The molecule has 0 aromatic rings. The molecule has 0 aromatic heterocycles. The molecule has 0 amide bonds. The lowest BCUT2D eigenvalue weighted by Crippen LogP contribution is -2.60. The van der Waals surface area contributed by atoms with Gasteiger partial charge in [-0.1, -0.05) is 6.92 Å². The minimum atomic E-state index is -0.238. The molecule has 1 aliphatic heterocycles. The van der Waals surface area contributed by atoms with Crippen molar-refractivity contribution in [1.82, 2.24) is 5.32 Å². The number of thioether (sulfide) groups is 1. The van der Waals surface area contributed by atoms with Crippen LogP contribution in [0.1, 0.15) is 47.0 Å². The number of carbonyl (C=O) groups is 1. The Hall–Kier alpha value is -0.0200. The Morgan fingerprint density at radius 2 is 1.87 bits per heavy atom. The van der Waals surface area contributed by atoms with E-state index in [1.165, 1.54) is 0 Å². The summed E-state index contributed by atoms with van der Waals surface area (Å²) in [5.41, 5.74) is -0.217. The fourth-order valence-electron chi connectivity index (χ4n) is 2.25. The average Bonchev–Trinajstić information content (AvgIpc) is 2.15. The van der Waals surface area contributed by atoms with Crippen LogP contribution in [0.15, 0.2) is 0 Å². The van der Waals surface area contributed by atoms with Crippen LogP contribution in [-0.2, 0) is 4.79 Å².